The smallest absolute Gasteiger partial charge is 0.322 e. The first-order valence-corrected chi connectivity index (χ1v) is 11.6. The van der Waals surface area contributed by atoms with Crippen molar-refractivity contribution in [1.82, 2.24) is 19.9 Å². The lowest BCUT2D eigenvalue weighted by atomic mass is 10.0. The van der Waals surface area contributed by atoms with Crippen molar-refractivity contribution in [2.24, 2.45) is 0 Å². The summed E-state index contributed by atoms with van der Waals surface area (Å²) in [5.41, 5.74) is 12.1. The van der Waals surface area contributed by atoms with E-state index in [1.54, 1.807) is 47.5 Å². The van der Waals surface area contributed by atoms with Crippen LogP contribution in [-0.2, 0) is 13.1 Å². The van der Waals surface area contributed by atoms with Crippen molar-refractivity contribution < 1.29 is 13.6 Å². The fourth-order valence-corrected chi connectivity index (χ4v) is 4.41. The van der Waals surface area contributed by atoms with E-state index >= 15 is 0 Å². The molecule has 0 spiro atoms. The second-order valence-corrected chi connectivity index (χ2v) is 8.72. The molecular formula is C28H20F2N6O. The van der Waals surface area contributed by atoms with Crippen molar-refractivity contribution in [2.75, 3.05) is 11.1 Å². The summed E-state index contributed by atoms with van der Waals surface area (Å²) in [6, 6.07) is 18.6. The highest BCUT2D eigenvalue weighted by molar-refractivity contribution is 6.02. The number of nitrogens with one attached hydrogen (secondary N) is 1. The molecule has 2 aromatic heterocycles. The van der Waals surface area contributed by atoms with Gasteiger partial charge in [0.15, 0.2) is 0 Å². The number of halogens is 2. The van der Waals surface area contributed by atoms with Gasteiger partial charge in [0.05, 0.1) is 40.5 Å². The number of anilines is 2. The summed E-state index contributed by atoms with van der Waals surface area (Å²) in [6.45, 7) is 0.864. The topological polar surface area (TPSA) is 97.0 Å². The van der Waals surface area contributed by atoms with Crippen molar-refractivity contribution >= 4 is 28.4 Å². The Balaban J connectivity index is 1.40. The van der Waals surface area contributed by atoms with E-state index in [4.69, 9.17) is 15.7 Å². The maximum Gasteiger partial charge on any atom is 0.322 e. The Labute approximate surface area is 210 Å². The molecule has 0 aliphatic carbocycles. The monoisotopic (exact) mass is 494 g/mol. The number of nitrogen functional groups attached to an aromatic ring is 1. The molecule has 0 bridgehead atoms. The van der Waals surface area contributed by atoms with Gasteiger partial charge in [-0.3, -0.25) is 4.98 Å². The van der Waals surface area contributed by atoms with Crippen LogP contribution in [0, 0.1) is 11.6 Å². The molecule has 0 fully saturated rings. The van der Waals surface area contributed by atoms with Gasteiger partial charge >= 0.3 is 6.03 Å². The lowest BCUT2D eigenvalue weighted by Crippen LogP contribution is -2.30. The quantitative estimate of drug-likeness (QED) is 0.311. The predicted octanol–water partition coefficient (Wildman–Crippen LogP) is 5.77. The first-order valence-electron chi connectivity index (χ1n) is 11.6. The molecular weight excluding hydrogens is 474 g/mol. The number of rotatable bonds is 3. The Bertz CT molecular complexity index is 1630. The van der Waals surface area contributed by atoms with Gasteiger partial charge in [-0.2, -0.15) is 0 Å². The van der Waals surface area contributed by atoms with Crippen LogP contribution in [0.25, 0.3) is 33.5 Å². The number of nitrogens with zero attached hydrogens (tertiary/aromatic N) is 4. The number of aromatic nitrogens is 3. The average molecular weight is 495 g/mol. The highest BCUT2D eigenvalue weighted by Gasteiger charge is 2.25. The maximum absolute atomic E-state index is 13.6. The van der Waals surface area contributed by atoms with E-state index in [0.717, 1.165) is 11.3 Å². The molecule has 37 heavy (non-hydrogen) atoms. The summed E-state index contributed by atoms with van der Waals surface area (Å²) in [7, 11) is 0. The third kappa shape index (κ3) is 4.20. The molecule has 0 radical (unpaired) electrons. The number of carbonyl (C=O) groups is 1. The van der Waals surface area contributed by atoms with Crippen LogP contribution in [0.3, 0.4) is 0 Å². The van der Waals surface area contributed by atoms with Crippen molar-refractivity contribution in [3.63, 3.8) is 0 Å². The summed E-state index contributed by atoms with van der Waals surface area (Å²) < 4.78 is 27.2. The number of carbonyl (C=O) groups excluding carboxylic acids is 1. The molecule has 0 atom stereocenters. The van der Waals surface area contributed by atoms with E-state index in [1.807, 2.05) is 12.1 Å². The van der Waals surface area contributed by atoms with Crippen LogP contribution < -0.4 is 11.1 Å². The van der Waals surface area contributed by atoms with Crippen molar-refractivity contribution in [2.45, 2.75) is 13.1 Å². The predicted molar refractivity (Wildman–Crippen MR) is 137 cm³/mol. The molecule has 182 valence electrons. The van der Waals surface area contributed by atoms with E-state index in [1.165, 1.54) is 24.3 Å². The van der Waals surface area contributed by atoms with Crippen molar-refractivity contribution in [1.29, 1.82) is 0 Å². The van der Waals surface area contributed by atoms with Gasteiger partial charge in [0.2, 0.25) is 0 Å². The van der Waals surface area contributed by atoms with Crippen LogP contribution in [0.15, 0.2) is 79.0 Å². The SMILES string of the molecule is Nc1c(NC(=O)N2Cc3cccnc3C2)ccc2nc(-c3ccc(F)cc3)c(-c3ccc(F)cc3)nc12. The Morgan fingerprint density at radius 2 is 1.49 bits per heavy atom. The molecule has 9 heteroatoms. The molecule has 0 saturated carbocycles. The number of urea groups is 1. The molecule has 5 aromatic rings. The molecule has 0 unspecified atom stereocenters. The minimum atomic E-state index is -0.385. The number of fused-ring (bicyclic) bond motifs is 2. The normalized spacial score (nSPS) is 12.5. The van der Waals surface area contributed by atoms with Gasteiger partial charge in [0.1, 0.15) is 17.2 Å². The number of benzene rings is 3. The highest BCUT2D eigenvalue weighted by atomic mass is 19.1. The van der Waals surface area contributed by atoms with Gasteiger partial charge in [-0.25, -0.2) is 23.5 Å². The van der Waals surface area contributed by atoms with Crippen LogP contribution in [0.5, 0.6) is 0 Å². The van der Waals surface area contributed by atoms with E-state index < -0.39 is 0 Å². The second-order valence-electron chi connectivity index (χ2n) is 8.72. The molecule has 7 nitrogen and oxygen atoms in total. The zero-order valence-electron chi connectivity index (χ0n) is 19.5. The minimum absolute atomic E-state index is 0.252. The molecule has 3 heterocycles. The molecule has 0 saturated heterocycles. The lowest BCUT2D eigenvalue weighted by Gasteiger charge is -2.18. The molecule has 6 rings (SSSR count). The van der Waals surface area contributed by atoms with Gasteiger partial charge < -0.3 is 16.0 Å². The van der Waals surface area contributed by atoms with Crippen LogP contribution in [0.1, 0.15) is 11.3 Å². The Morgan fingerprint density at radius 1 is 0.838 bits per heavy atom. The third-order valence-corrected chi connectivity index (χ3v) is 6.33. The average Bonchev–Trinajstić information content (AvgIpc) is 3.35. The number of pyridine rings is 1. The van der Waals surface area contributed by atoms with Crippen molar-refractivity contribution in [3.8, 4) is 22.5 Å². The standard InChI is InChI=1S/C28H20F2N6O/c29-19-7-3-16(4-8-19)25-26(17-5-9-20(30)10-6-17)35-27-22(33-25)12-11-21(24(27)31)34-28(37)36-14-18-2-1-13-32-23(18)15-36/h1-13H,14-15,31H2,(H,34,37). The van der Waals surface area contributed by atoms with Crippen LogP contribution in [0.4, 0.5) is 25.0 Å². The van der Waals surface area contributed by atoms with Crippen LogP contribution in [0.2, 0.25) is 0 Å². The first kappa shape index (κ1) is 22.5. The van der Waals surface area contributed by atoms with Gasteiger partial charge in [0.25, 0.3) is 0 Å². The minimum Gasteiger partial charge on any atom is -0.395 e. The summed E-state index contributed by atoms with van der Waals surface area (Å²) >= 11 is 0. The highest BCUT2D eigenvalue weighted by Crippen LogP contribution is 2.35. The fraction of sp³-hybridized carbons (Fsp3) is 0.0714. The zero-order valence-corrected chi connectivity index (χ0v) is 19.5. The lowest BCUT2D eigenvalue weighted by molar-refractivity contribution is 0.212. The summed E-state index contributed by atoms with van der Waals surface area (Å²) in [5.74, 6) is -0.757. The maximum atomic E-state index is 13.6. The van der Waals surface area contributed by atoms with Gasteiger partial charge in [0, 0.05) is 23.9 Å². The second kappa shape index (κ2) is 8.94. The number of hydrogen-bond donors (Lipinski definition) is 2. The Hall–Kier alpha value is -4.92. The van der Waals surface area contributed by atoms with Gasteiger partial charge in [-0.1, -0.05) is 6.07 Å². The molecule has 1 aliphatic heterocycles. The van der Waals surface area contributed by atoms with Gasteiger partial charge in [-0.05, 0) is 72.3 Å². The summed E-state index contributed by atoms with van der Waals surface area (Å²) in [4.78, 5) is 28.5. The number of nitrogens with two attached hydrogens (primary N) is 1. The zero-order chi connectivity index (χ0) is 25.5. The number of hydrogen-bond acceptors (Lipinski definition) is 5. The van der Waals surface area contributed by atoms with E-state index in [9.17, 15) is 13.6 Å². The van der Waals surface area contributed by atoms with Crippen LogP contribution in [-0.4, -0.2) is 25.9 Å². The Kier molecular flexibility index (Phi) is 5.45. The van der Waals surface area contributed by atoms with Crippen molar-refractivity contribution in [3.05, 3.63) is 102 Å². The molecule has 2 amide bonds. The molecule has 3 aromatic carbocycles. The van der Waals surface area contributed by atoms with E-state index in [0.29, 0.717) is 52.3 Å². The number of amides is 2. The van der Waals surface area contributed by atoms with E-state index in [2.05, 4.69) is 10.3 Å². The largest absolute Gasteiger partial charge is 0.395 e. The summed E-state index contributed by atoms with van der Waals surface area (Å²) in [5, 5.41) is 2.87. The first-order chi connectivity index (χ1) is 18.0. The van der Waals surface area contributed by atoms with Gasteiger partial charge in [-0.15, -0.1) is 0 Å². The third-order valence-electron chi connectivity index (χ3n) is 6.33. The fourth-order valence-electron chi connectivity index (χ4n) is 4.41. The molecule has 1 aliphatic rings. The Morgan fingerprint density at radius 3 is 2.14 bits per heavy atom. The van der Waals surface area contributed by atoms with E-state index in [-0.39, 0.29) is 23.4 Å². The summed E-state index contributed by atoms with van der Waals surface area (Å²) in [6.07, 6.45) is 1.71. The van der Waals surface area contributed by atoms with Crippen LogP contribution >= 0.6 is 0 Å². The molecule has 3 N–H and O–H groups in total.